The molecule has 0 saturated carbocycles. The average molecular weight is 403 g/mol. The summed E-state index contributed by atoms with van der Waals surface area (Å²) in [7, 11) is 0. The maximum Gasteiger partial charge on any atom is 0.421 e. The minimum Gasteiger partial charge on any atom is -0.362 e. The molecule has 0 bridgehead atoms. The number of carbonyl (C=O) groups is 1. The van der Waals surface area contributed by atoms with Crippen LogP contribution in [0, 0.1) is 6.92 Å². The van der Waals surface area contributed by atoms with Gasteiger partial charge in [0, 0.05) is 23.8 Å². The lowest BCUT2D eigenvalue weighted by Crippen LogP contribution is -2.14. The van der Waals surface area contributed by atoms with E-state index in [1.807, 2.05) is 0 Å². The number of hydrogen-bond acceptors (Lipinski definition) is 6. The van der Waals surface area contributed by atoms with Crippen LogP contribution in [-0.2, 0) is 23.9 Å². The van der Waals surface area contributed by atoms with Gasteiger partial charge < -0.3 is 20.9 Å². The third-order valence-corrected chi connectivity index (χ3v) is 4.26. The molecule has 0 spiro atoms. The van der Waals surface area contributed by atoms with E-state index in [0.717, 1.165) is 17.5 Å². The minimum absolute atomic E-state index is 0.00615. The topological polar surface area (TPSA) is 108 Å². The van der Waals surface area contributed by atoms with Gasteiger partial charge in [-0.05, 0) is 30.7 Å². The van der Waals surface area contributed by atoms with E-state index in [1.54, 1.807) is 31.3 Å². The molecule has 1 aliphatic heterocycles. The van der Waals surface area contributed by atoms with Gasteiger partial charge in [0.15, 0.2) is 0 Å². The van der Waals surface area contributed by atoms with Crippen molar-refractivity contribution in [2.24, 2.45) is 0 Å². The fourth-order valence-electron chi connectivity index (χ4n) is 2.94. The number of amides is 1. The van der Waals surface area contributed by atoms with Crippen molar-refractivity contribution in [2.45, 2.75) is 26.1 Å². The van der Waals surface area contributed by atoms with Crippen molar-refractivity contribution >= 4 is 29.0 Å². The Hall–Kier alpha value is -3.63. The van der Waals surface area contributed by atoms with Crippen LogP contribution in [-0.4, -0.2) is 25.8 Å². The number of aryl methyl sites for hydroxylation is 1. The first kappa shape index (κ1) is 18.7. The molecule has 0 radical (unpaired) electrons. The maximum absolute atomic E-state index is 13.3. The van der Waals surface area contributed by atoms with E-state index in [-0.39, 0.29) is 30.6 Å². The van der Waals surface area contributed by atoms with Crippen LogP contribution in [0.15, 0.2) is 30.6 Å². The first-order chi connectivity index (χ1) is 13.8. The second kappa shape index (κ2) is 7.08. The molecule has 29 heavy (non-hydrogen) atoms. The van der Waals surface area contributed by atoms with Gasteiger partial charge >= 0.3 is 6.18 Å². The summed E-state index contributed by atoms with van der Waals surface area (Å²) in [6.07, 6.45) is -1.99. The number of alkyl halides is 3. The number of hydrogen-bond donors (Lipinski definition) is 4. The first-order valence-electron chi connectivity index (χ1n) is 8.67. The Morgan fingerprint density at radius 1 is 1.24 bits per heavy atom. The van der Waals surface area contributed by atoms with Crippen molar-refractivity contribution in [2.75, 3.05) is 16.0 Å². The van der Waals surface area contributed by atoms with Gasteiger partial charge in [-0.25, -0.2) is 9.97 Å². The fourth-order valence-corrected chi connectivity index (χ4v) is 2.94. The van der Waals surface area contributed by atoms with Crippen LogP contribution >= 0.6 is 0 Å². The number of imidazole rings is 1. The number of aromatic nitrogens is 4. The lowest BCUT2D eigenvalue weighted by Gasteiger charge is -2.14. The summed E-state index contributed by atoms with van der Waals surface area (Å²) in [6, 6.07) is 5.13. The summed E-state index contributed by atoms with van der Waals surface area (Å²) >= 11 is 0. The standard InChI is InChI=1S/C18H16F3N7O/c1-9-6-22-14(25-9)8-23-16-12(18(19,20)21)7-24-17(28-16)26-11-2-3-13-10(4-11)5-15(29)27-13/h2-4,6-7H,5,8H2,1H3,(H,22,25)(H,27,29)(H2,23,24,26,28). The molecule has 3 aromatic rings. The number of nitrogens with zero attached hydrogens (tertiary/aromatic N) is 3. The highest BCUT2D eigenvalue weighted by molar-refractivity contribution is 5.99. The molecular weight excluding hydrogens is 387 g/mol. The molecule has 8 nitrogen and oxygen atoms in total. The molecule has 0 aliphatic carbocycles. The lowest BCUT2D eigenvalue weighted by atomic mass is 10.1. The Morgan fingerprint density at radius 3 is 2.79 bits per heavy atom. The van der Waals surface area contributed by atoms with Gasteiger partial charge in [-0.3, -0.25) is 4.79 Å². The molecule has 1 amide bonds. The molecule has 4 N–H and O–H groups in total. The third-order valence-electron chi connectivity index (χ3n) is 4.26. The first-order valence-corrected chi connectivity index (χ1v) is 8.67. The van der Waals surface area contributed by atoms with E-state index in [2.05, 4.69) is 35.9 Å². The highest BCUT2D eigenvalue weighted by Gasteiger charge is 2.35. The second-order valence-electron chi connectivity index (χ2n) is 6.52. The molecule has 2 aromatic heterocycles. The zero-order valence-corrected chi connectivity index (χ0v) is 15.2. The summed E-state index contributed by atoms with van der Waals surface area (Å²) in [5, 5.41) is 8.26. The monoisotopic (exact) mass is 403 g/mol. The van der Waals surface area contributed by atoms with E-state index < -0.39 is 11.7 Å². The van der Waals surface area contributed by atoms with Crippen LogP contribution < -0.4 is 16.0 Å². The smallest absolute Gasteiger partial charge is 0.362 e. The summed E-state index contributed by atoms with van der Waals surface area (Å²) in [6.45, 7) is 1.81. The minimum atomic E-state index is -4.61. The molecule has 0 saturated heterocycles. The highest BCUT2D eigenvalue weighted by Crippen LogP contribution is 2.34. The number of H-pyrrole nitrogens is 1. The highest BCUT2D eigenvalue weighted by atomic mass is 19.4. The molecule has 3 heterocycles. The molecule has 1 aliphatic rings. The number of rotatable bonds is 5. The number of benzene rings is 1. The summed E-state index contributed by atoms with van der Waals surface area (Å²) < 4.78 is 40.0. The fraction of sp³-hybridized carbons (Fsp3) is 0.222. The molecular formula is C18H16F3N7O. The number of nitrogens with one attached hydrogen (secondary N) is 4. The SMILES string of the molecule is Cc1c[nH]c(CNc2nc(Nc3ccc4c(c3)CC(=O)N4)ncc2C(F)(F)F)n1. The van der Waals surface area contributed by atoms with Gasteiger partial charge in [-0.1, -0.05) is 0 Å². The number of anilines is 4. The van der Waals surface area contributed by atoms with Gasteiger partial charge in [0.1, 0.15) is 17.2 Å². The Kier molecular flexibility index (Phi) is 4.57. The summed E-state index contributed by atoms with van der Waals surface area (Å²) in [5.41, 5.74) is 1.82. The Bertz CT molecular complexity index is 1080. The van der Waals surface area contributed by atoms with Crippen LogP contribution in [0.4, 0.5) is 36.3 Å². The van der Waals surface area contributed by atoms with E-state index in [0.29, 0.717) is 17.2 Å². The Labute approximate surface area is 163 Å². The number of halogens is 3. The van der Waals surface area contributed by atoms with Crippen molar-refractivity contribution in [3.8, 4) is 0 Å². The molecule has 11 heteroatoms. The quantitative estimate of drug-likeness (QED) is 0.520. The number of fused-ring (bicyclic) bond motifs is 1. The Balaban J connectivity index is 1.58. The predicted octanol–water partition coefficient (Wildman–Crippen LogP) is 3.38. The molecule has 0 unspecified atom stereocenters. The van der Waals surface area contributed by atoms with Crippen LogP contribution in [0.1, 0.15) is 22.6 Å². The predicted molar refractivity (Wildman–Crippen MR) is 99.7 cm³/mol. The van der Waals surface area contributed by atoms with E-state index in [9.17, 15) is 18.0 Å². The Morgan fingerprint density at radius 2 is 2.07 bits per heavy atom. The van der Waals surface area contributed by atoms with Gasteiger partial charge in [-0.2, -0.15) is 18.2 Å². The van der Waals surface area contributed by atoms with Gasteiger partial charge in [0.25, 0.3) is 0 Å². The van der Waals surface area contributed by atoms with Gasteiger partial charge in [-0.15, -0.1) is 0 Å². The van der Waals surface area contributed by atoms with Crippen LogP contribution in [0.25, 0.3) is 0 Å². The van der Waals surface area contributed by atoms with Crippen molar-refractivity contribution in [3.63, 3.8) is 0 Å². The second-order valence-corrected chi connectivity index (χ2v) is 6.52. The normalized spacial score (nSPS) is 13.2. The van der Waals surface area contributed by atoms with Gasteiger partial charge in [0.2, 0.25) is 11.9 Å². The molecule has 4 rings (SSSR count). The van der Waals surface area contributed by atoms with Crippen molar-refractivity contribution < 1.29 is 18.0 Å². The van der Waals surface area contributed by atoms with Crippen molar-refractivity contribution in [1.29, 1.82) is 0 Å². The van der Waals surface area contributed by atoms with E-state index in [1.165, 1.54) is 0 Å². The van der Waals surface area contributed by atoms with Crippen LogP contribution in [0.5, 0.6) is 0 Å². The van der Waals surface area contributed by atoms with E-state index in [4.69, 9.17) is 0 Å². The number of carbonyl (C=O) groups excluding carboxylic acids is 1. The molecule has 0 fully saturated rings. The van der Waals surface area contributed by atoms with Crippen molar-refractivity contribution in [3.05, 3.63) is 53.2 Å². The zero-order chi connectivity index (χ0) is 20.6. The lowest BCUT2D eigenvalue weighted by molar-refractivity contribution is -0.137. The molecule has 1 aromatic carbocycles. The van der Waals surface area contributed by atoms with E-state index >= 15 is 0 Å². The maximum atomic E-state index is 13.3. The van der Waals surface area contributed by atoms with Crippen LogP contribution in [0.3, 0.4) is 0 Å². The zero-order valence-electron chi connectivity index (χ0n) is 15.2. The summed E-state index contributed by atoms with van der Waals surface area (Å²) in [4.78, 5) is 26.2. The van der Waals surface area contributed by atoms with Crippen molar-refractivity contribution in [1.82, 2.24) is 19.9 Å². The average Bonchev–Trinajstić information content (AvgIpc) is 3.23. The largest absolute Gasteiger partial charge is 0.421 e. The van der Waals surface area contributed by atoms with Crippen LogP contribution in [0.2, 0.25) is 0 Å². The molecule has 150 valence electrons. The summed E-state index contributed by atoms with van der Waals surface area (Å²) in [5.74, 6) is 0.0116. The molecule has 0 atom stereocenters. The third kappa shape index (κ3) is 4.13. The van der Waals surface area contributed by atoms with Gasteiger partial charge in [0.05, 0.1) is 18.7 Å². The number of aromatic amines is 1.